The molecule has 0 bridgehead atoms. The van der Waals surface area contributed by atoms with Gasteiger partial charge in [0.05, 0.1) is 15.9 Å². The number of likely N-dealkylation sites (N-methyl/N-ethyl adjacent to an activating group) is 1. The SMILES string of the molecule is CCNC(Cc1c(Br)c(C)nn1C)c1sccc1CC. The van der Waals surface area contributed by atoms with E-state index in [0.29, 0.717) is 6.04 Å². The molecule has 20 heavy (non-hydrogen) atoms. The number of nitrogens with one attached hydrogen (secondary N) is 1. The van der Waals surface area contributed by atoms with Gasteiger partial charge in [-0.15, -0.1) is 11.3 Å². The molecule has 0 saturated heterocycles. The van der Waals surface area contributed by atoms with Gasteiger partial charge < -0.3 is 5.32 Å². The van der Waals surface area contributed by atoms with Crippen LogP contribution < -0.4 is 5.32 Å². The first-order valence-corrected chi connectivity index (χ1v) is 8.73. The second kappa shape index (κ2) is 6.87. The lowest BCUT2D eigenvalue weighted by Crippen LogP contribution is -2.24. The number of rotatable bonds is 6. The summed E-state index contributed by atoms with van der Waals surface area (Å²) < 4.78 is 3.13. The molecule has 5 heteroatoms. The average Bonchev–Trinajstić information content (AvgIpc) is 2.98. The summed E-state index contributed by atoms with van der Waals surface area (Å²) in [5.41, 5.74) is 3.76. The molecule has 0 aliphatic rings. The van der Waals surface area contributed by atoms with Gasteiger partial charge in [-0.25, -0.2) is 0 Å². The lowest BCUT2D eigenvalue weighted by Gasteiger charge is -2.18. The molecule has 0 aliphatic heterocycles. The van der Waals surface area contributed by atoms with E-state index in [2.05, 4.69) is 51.6 Å². The molecule has 0 aliphatic carbocycles. The Morgan fingerprint density at radius 3 is 2.75 bits per heavy atom. The third-order valence-corrected chi connectivity index (χ3v) is 5.69. The molecule has 2 rings (SSSR count). The van der Waals surface area contributed by atoms with E-state index >= 15 is 0 Å². The molecule has 1 atom stereocenters. The summed E-state index contributed by atoms with van der Waals surface area (Å²) in [6, 6.07) is 2.61. The molecule has 2 aromatic heterocycles. The molecule has 3 nitrogen and oxygen atoms in total. The summed E-state index contributed by atoms with van der Waals surface area (Å²) >= 11 is 5.52. The molecule has 2 aromatic rings. The van der Waals surface area contributed by atoms with E-state index in [0.717, 1.165) is 29.6 Å². The second-order valence-electron chi connectivity index (χ2n) is 4.95. The van der Waals surface area contributed by atoms with Crippen LogP contribution in [0.5, 0.6) is 0 Å². The summed E-state index contributed by atoms with van der Waals surface area (Å²) in [7, 11) is 2.02. The zero-order valence-corrected chi connectivity index (χ0v) is 14.9. The Balaban J connectivity index is 2.30. The highest BCUT2D eigenvalue weighted by Gasteiger charge is 2.20. The normalized spacial score (nSPS) is 12.8. The first kappa shape index (κ1) is 15.7. The molecular formula is C15H22BrN3S. The Labute approximate surface area is 133 Å². The molecule has 0 saturated carbocycles. The molecule has 110 valence electrons. The van der Waals surface area contributed by atoms with Gasteiger partial charge in [0.25, 0.3) is 0 Å². The molecule has 0 fully saturated rings. The summed E-state index contributed by atoms with van der Waals surface area (Å²) in [4.78, 5) is 1.46. The van der Waals surface area contributed by atoms with E-state index in [1.165, 1.54) is 16.1 Å². The minimum absolute atomic E-state index is 0.362. The number of hydrogen-bond donors (Lipinski definition) is 1. The molecular weight excluding hydrogens is 334 g/mol. The predicted molar refractivity (Wildman–Crippen MR) is 89.5 cm³/mol. The minimum Gasteiger partial charge on any atom is -0.309 e. The van der Waals surface area contributed by atoms with Gasteiger partial charge in [0.15, 0.2) is 0 Å². The maximum absolute atomic E-state index is 4.49. The highest BCUT2D eigenvalue weighted by molar-refractivity contribution is 9.10. The van der Waals surface area contributed by atoms with Crippen molar-refractivity contribution in [3.63, 3.8) is 0 Å². The van der Waals surface area contributed by atoms with Crippen molar-refractivity contribution in [2.45, 2.75) is 39.7 Å². The van der Waals surface area contributed by atoms with Crippen molar-refractivity contribution < 1.29 is 0 Å². The highest BCUT2D eigenvalue weighted by atomic mass is 79.9. The van der Waals surface area contributed by atoms with Crippen LogP contribution in [-0.2, 0) is 19.9 Å². The van der Waals surface area contributed by atoms with Crippen LogP contribution in [0.1, 0.15) is 41.7 Å². The van der Waals surface area contributed by atoms with Crippen LogP contribution in [-0.4, -0.2) is 16.3 Å². The molecule has 0 radical (unpaired) electrons. The van der Waals surface area contributed by atoms with Crippen molar-refractivity contribution in [3.8, 4) is 0 Å². The fourth-order valence-electron chi connectivity index (χ4n) is 2.54. The standard InChI is InChI=1S/C15H22BrN3S/c1-5-11-7-8-20-15(11)12(17-6-2)9-13-14(16)10(3)18-19(13)4/h7-8,12,17H,5-6,9H2,1-4H3. The fourth-order valence-corrected chi connectivity index (χ4v) is 4.12. The quantitative estimate of drug-likeness (QED) is 0.848. The van der Waals surface area contributed by atoms with Crippen LogP contribution in [0.15, 0.2) is 15.9 Å². The van der Waals surface area contributed by atoms with Crippen molar-refractivity contribution in [2.75, 3.05) is 6.54 Å². The van der Waals surface area contributed by atoms with Gasteiger partial charge in [-0.2, -0.15) is 5.10 Å². The Hall–Kier alpha value is -0.650. The van der Waals surface area contributed by atoms with Gasteiger partial charge in [-0.3, -0.25) is 4.68 Å². The Morgan fingerprint density at radius 1 is 1.45 bits per heavy atom. The van der Waals surface area contributed by atoms with E-state index in [9.17, 15) is 0 Å². The minimum atomic E-state index is 0.362. The summed E-state index contributed by atoms with van der Waals surface area (Å²) in [6.07, 6.45) is 2.05. The summed E-state index contributed by atoms with van der Waals surface area (Å²) in [5.74, 6) is 0. The Morgan fingerprint density at radius 2 is 2.20 bits per heavy atom. The van der Waals surface area contributed by atoms with Crippen LogP contribution >= 0.6 is 27.3 Å². The molecule has 2 heterocycles. The number of aryl methyl sites for hydroxylation is 3. The summed E-state index contributed by atoms with van der Waals surface area (Å²) in [6.45, 7) is 7.40. The first-order chi connectivity index (χ1) is 9.58. The van der Waals surface area contributed by atoms with Crippen molar-refractivity contribution in [1.82, 2.24) is 15.1 Å². The van der Waals surface area contributed by atoms with Crippen molar-refractivity contribution in [1.29, 1.82) is 0 Å². The van der Waals surface area contributed by atoms with Crippen LogP contribution in [0.25, 0.3) is 0 Å². The van der Waals surface area contributed by atoms with E-state index in [1.807, 2.05) is 30.0 Å². The van der Waals surface area contributed by atoms with Gasteiger partial charge in [0.2, 0.25) is 0 Å². The lowest BCUT2D eigenvalue weighted by atomic mass is 10.0. The lowest BCUT2D eigenvalue weighted by molar-refractivity contribution is 0.532. The number of nitrogens with zero attached hydrogens (tertiary/aromatic N) is 2. The number of thiophene rings is 1. The van der Waals surface area contributed by atoms with Crippen LogP contribution in [0.2, 0.25) is 0 Å². The van der Waals surface area contributed by atoms with Crippen molar-refractivity contribution in [3.05, 3.63) is 37.7 Å². The third-order valence-electron chi connectivity index (χ3n) is 3.59. The highest BCUT2D eigenvalue weighted by Crippen LogP contribution is 2.30. The Bertz CT molecular complexity index is 574. The molecule has 0 spiro atoms. The topological polar surface area (TPSA) is 29.9 Å². The van der Waals surface area contributed by atoms with Gasteiger partial charge in [-0.05, 0) is 52.8 Å². The van der Waals surface area contributed by atoms with Crippen molar-refractivity contribution >= 4 is 27.3 Å². The van der Waals surface area contributed by atoms with Crippen LogP contribution in [0.3, 0.4) is 0 Å². The zero-order valence-electron chi connectivity index (χ0n) is 12.5. The van der Waals surface area contributed by atoms with E-state index in [-0.39, 0.29) is 0 Å². The van der Waals surface area contributed by atoms with Gasteiger partial charge in [0, 0.05) is 24.4 Å². The molecule has 1 N–H and O–H groups in total. The monoisotopic (exact) mass is 355 g/mol. The molecule has 0 aromatic carbocycles. The van der Waals surface area contributed by atoms with E-state index in [4.69, 9.17) is 0 Å². The molecule has 0 amide bonds. The fraction of sp³-hybridized carbons (Fsp3) is 0.533. The maximum Gasteiger partial charge on any atom is 0.0738 e. The number of halogens is 1. The third kappa shape index (κ3) is 3.15. The van der Waals surface area contributed by atoms with Gasteiger partial charge in [0.1, 0.15) is 0 Å². The molecule has 1 unspecified atom stereocenters. The van der Waals surface area contributed by atoms with Crippen LogP contribution in [0, 0.1) is 6.92 Å². The van der Waals surface area contributed by atoms with Crippen LogP contribution in [0.4, 0.5) is 0 Å². The predicted octanol–water partition coefficient (Wildman–Crippen LogP) is 4.01. The smallest absolute Gasteiger partial charge is 0.0738 e. The average molecular weight is 356 g/mol. The first-order valence-electron chi connectivity index (χ1n) is 7.06. The maximum atomic E-state index is 4.49. The van der Waals surface area contributed by atoms with E-state index < -0.39 is 0 Å². The second-order valence-corrected chi connectivity index (χ2v) is 6.69. The van der Waals surface area contributed by atoms with Gasteiger partial charge >= 0.3 is 0 Å². The Kier molecular flexibility index (Phi) is 5.41. The van der Waals surface area contributed by atoms with Crippen molar-refractivity contribution in [2.24, 2.45) is 7.05 Å². The zero-order chi connectivity index (χ0) is 14.7. The largest absolute Gasteiger partial charge is 0.309 e. The van der Waals surface area contributed by atoms with E-state index in [1.54, 1.807) is 0 Å². The number of aromatic nitrogens is 2. The number of hydrogen-bond acceptors (Lipinski definition) is 3. The summed E-state index contributed by atoms with van der Waals surface area (Å²) in [5, 5.41) is 10.3. The van der Waals surface area contributed by atoms with Gasteiger partial charge in [-0.1, -0.05) is 13.8 Å².